The Labute approximate surface area is 102 Å². The van der Waals surface area contributed by atoms with E-state index < -0.39 is 0 Å². The maximum Gasteiger partial charge on any atom is 0.117 e. The van der Waals surface area contributed by atoms with E-state index in [0.29, 0.717) is 0 Å². The highest BCUT2D eigenvalue weighted by Gasteiger charge is 2.02. The number of halogens is 1. The monoisotopic (exact) mass is 278 g/mol. The highest BCUT2D eigenvalue weighted by atomic mass is 79.9. The molecule has 2 nitrogen and oxygen atoms in total. The van der Waals surface area contributed by atoms with Crippen molar-refractivity contribution >= 4 is 15.9 Å². The van der Waals surface area contributed by atoms with Gasteiger partial charge in [0.05, 0.1) is 6.61 Å². The lowest BCUT2D eigenvalue weighted by molar-refractivity contribution is 0.282. The van der Waals surface area contributed by atoms with Crippen molar-refractivity contribution in [1.29, 1.82) is 0 Å². The van der Waals surface area contributed by atoms with Crippen LogP contribution in [0.2, 0.25) is 0 Å². The van der Waals surface area contributed by atoms with Crippen molar-refractivity contribution in [3.05, 3.63) is 52.5 Å². The number of hydrogen-bond donors (Lipinski definition) is 2. The summed E-state index contributed by atoms with van der Waals surface area (Å²) in [6.45, 7) is 0.0217. The lowest BCUT2D eigenvalue weighted by atomic mass is 10.0. The van der Waals surface area contributed by atoms with E-state index in [9.17, 15) is 5.11 Å². The average molecular weight is 279 g/mol. The largest absolute Gasteiger partial charge is 0.508 e. The van der Waals surface area contributed by atoms with E-state index in [0.717, 1.165) is 21.2 Å². The summed E-state index contributed by atoms with van der Waals surface area (Å²) in [6.07, 6.45) is 0. The van der Waals surface area contributed by atoms with Gasteiger partial charge in [-0.2, -0.15) is 0 Å². The quantitative estimate of drug-likeness (QED) is 0.885. The second-order valence-corrected chi connectivity index (χ2v) is 4.47. The zero-order valence-corrected chi connectivity index (χ0v) is 10.1. The first-order valence-electron chi connectivity index (χ1n) is 4.89. The molecule has 2 N–H and O–H groups in total. The summed E-state index contributed by atoms with van der Waals surface area (Å²) < 4.78 is 0.830. The predicted molar refractivity (Wildman–Crippen MR) is 67.2 cm³/mol. The standard InChI is InChI=1S/C13H11BrO2/c14-12-5-11(6-13(16)7-12)10-3-1-2-9(4-10)8-15/h1-7,15-16H,8H2. The first-order chi connectivity index (χ1) is 7.69. The van der Waals surface area contributed by atoms with Gasteiger partial charge < -0.3 is 10.2 Å². The van der Waals surface area contributed by atoms with Crippen LogP contribution in [-0.2, 0) is 6.61 Å². The lowest BCUT2D eigenvalue weighted by Gasteiger charge is -2.05. The molecule has 0 atom stereocenters. The van der Waals surface area contributed by atoms with Gasteiger partial charge in [-0.05, 0) is 41.0 Å². The van der Waals surface area contributed by atoms with E-state index in [1.807, 2.05) is 30.3 Å². The average Bonchev–Trinajstić information content (AvgIpc) is 2.28. The minimum absolute atomic E-state index is 0.0217. The molecule has 0 aliphatic carbocycles. The van der Waals surface area contributed by atoms with Gasteiger partial charge >= 0.3 is 0 Å². The number of aromatic hydroxyl groups is 1. The molecule has 0 saturated carbocycles. The molecule has 0 spiro atoms. The van der Waals surface area contributed by atoms with Gasteiger partial charge in [0, 0.05) is 4.47 Å². The molecule has 2 aromatic rings. The molecule has 0 heterocycles. The minimum Gasteiger partial charge on any atom is -0.508 e. The molecule has 0 saturated heterocycles. The van der Waals surface area contributed by atoms with Crippen molar-refractivity contribution in [2.75, 3.05) is 0 Å². The number of benzene rings is 2. The van der Waals surface area contributed by atoms with E-state index >= 15 is 0 Å². The summed E-state index contributed by atoms with van der Waals surface area (Å²) in [4.78, 5) is 0. The lowest BCUT2D eigenvalue weighted by Crippen LogP contribution is -1.84. The van der Waals surface area contributed by atoms with Crippen molar-refractivity contribution in [2.24, 2.45) is 0 Å². The van der Waals surface area contributed by atoms with Gasteiger partial charge in [0.1, 0.15) is 5.75 Å². The molecule has 16 heavy (non-hydrogen) atoms. The summed E-state index contributed by atoms with van der Waals surface area (Å²) in [5.74, 6) is 0.221. The van der Waals surface area contributed by atoms with Crippen LogP contribution in [0.4, 0.5) is 0 Å². The summed E-state index contributed by atoms with van der Waals surface area (Å²) >= 11 is 3.34. The van der Waals surface area contributed by atoms with Crippen LogP contribution in [0.5, 0.6) is 5.75 Å². The number of phenols is 1. The van der Waals surface area contributed by atoms with Gasteiger partial charge in [-0.3, -0.25) is 0 Å². The topological polar surface area (TPSA) is 40.5 Å². The normalized spacial score (nSPS) is 10.4. The van der Waals surface area contributed by atoms with Crippen LogP contribution >= 0.6 is 15.9 Å². The van der Waals surface area contributed by atoms with Gasteiger partial charge in [-0.1, -0.05) is 34.1 Å². The maximum absolute atomic E-state index is 9.50. The fourth-order valence-corrected chi connectivity index (χ4v) is 2.07. The molecule has 2 aromatic carbocycles. The molecule has 0 fully saturated rings. The first kappa shape index (κ1) is 11.2. The van der Waals surface area contributed by atoms with E-state index in [1.54, 1.807) is 12.1 Å². The molecule has 0 aromatic heterocycles. The number of hydrogen-bond acceptors (Lipinski definition) is 2. The molecule has 0 aliphatic rings. The second-order valence-electron chi connectivity index (χ2n) is 3.56. The highest BCUT2D eigenvalue weighted by Crippen LogP contribution is 2.28. The van der Waals surface area contributed by atoms with Crippen LogP contribution in [0.1, 0.15) is 5.56 Å². The Morgan fingerprint density at radius 2 is 1.81 bits per heavy atom. The van der Waals surface area contributed by atoms with Crippen LogP contribution < -0.4 is 0 Å². The van der Waals surface area contributed by atoms with Crippen LogP contribution in [-0.4, -0.2) is 10.2 Å². The fraction of sp³-hybridized carbons (Fsp3) is 0.0769. The van der Waals surface area contributed by atoms with Crippen LogP contribution in [0, 0.1) is 0 Å². The zero-order chi connectivity index (χ0) is 11.5. The Hall–Kier alpha value is -1.32. The molecule has 0 amide bonds. The molecular formula is C13H11BrO2. The molecule has 0 aliphatic heterocycles. The molecule has 0 radical (unpaired) electrons. The van der Waals surface area contributed by atoms with Crippen molar-refractivity contribution in [1.82, 2.24) is 0 Å². The fourth-order valence-electron chi connectivity index (χ4n) is 1.59. The van der Waals surface area contributed by atoms with Gasteiger partial charge in [0.15, 0.2) is 0 Å². The molecule has 2 rings (SSSR count). The van der Waals surface area contributed by atoms with Crippen molar-refractivity contribution in [3.8, 4) is 16.9 Å². The number of aliphatic hydroxyl groups excluding tert-OH is 1. The van der Waals surface area contributed by atoms with Crippen LogP contribution in [0.3, 0.4) is 0 Å². The summed E-state index contributed by atoms with van der Waals surface area (Å²) in [5, 5.41) is 18.6. The predicted octanol–water partition coefficient (Wildman–Crippen LogP) is 3.31. The van der Waals surface area contributed by atoms with E-state index in [1.165, 1.54) is 0 Å². The molecule has 0 bridgehead atoms. The van der Waals surface area contributed by atoms with Gasteiger partial charge in [0.25, 0.3) is 0 Å². The Balaban J connectivity index is 2.49. The molecular weight excluding hydrogens is 268 g/mol. The molecule has 82 valence electrons. The van der Waals surface area contributed by atoms with Crippen molar-refractivity contribution < 1.29 is 10.2 Å². The minimum atomic E-state index is 0.0217. The first-order valence-corrected chi connectivity index (χ1v) is 5.68. The summed E-state index contributed by atoms with van der Waals surface area (Å²) in [7, 11) is 0. The third-order valence-electron chi connectivity index (χ3n) is 2.33. The third-order valence-corrected chi connectivity index (χ3v) is 2.78. The molecule has 0 unspecified atom stereocenters. The number of phenolic OH excluding ortho intramolecular Hbond substituents is 1. The van der Waals surface area contributed by atoms with E-state index in [4.69, 9.17) is 5.11 Å². The number of rotatable bonds is 2. The van der Waals surface area contributed by atoms with Crippen molar-refractivity contribution in [3.63, 3.8) is 0 Å². The highest BCUT2D eigenvalue weighted by molar-refractivity contribution is 9.10. The Bertz CT molecular complexity index is 489. The number of aliphatic hydroxyl groups is 1. The Kier molecular flexibility index (Phi) is 3.27. The smallest absolute Gasteiger partial charge is 0.117 e. The zero-order valence-electron chi connectivity index (χ0n) is 8.52. The maximum atomic E-state index is 9.50. The van der Waals surface area contributed by atoms with Crippen LogP contribution in [0.15, 0.2) is 46.9 Å². The summed E-state index contributed by atoms with van der Waals surface area (Å²) in [5.41, 5.74) is 2.75. The van der Waals surface area contributed by atoms with E-state index in [2.05, 4.69) is 15.9 Å². The second kappa shape index (κ2) is 4.68. The Morgan fingerprint density at radius 3 is 2.50 bits per heavy atom. The van der Waals surface area contributed by atoms with E-state index in [-0.39, 0.29) is 12.4 Å². The van der Waals surface area contributed by atoms with Gasteiger partial charge in [0.2, 0.25) is 0 Å². The van der Waals surface area contributed by atoms with Crippen molar-refractivity contribution in [2.45, 2.75) is 6.61 Å². The SMILES string of the molecule is OCc1cccc(-c2cc(O)cc(Br)c2)c1. The molecule has 3 heteroatoms. The Morgan fingerprint density at radius 1 is 1.00 bits per heavy atom. The summed E-state index contributed by atoms with van der Waals surface area (Å²) in [6, 6.07) is 12.9. The van der Waals surface area contributed by atoms with Gasteiger partial charge in [-0.15, -0.1) is 0 Å². The third kappa shape index (κ3) is 2.43. The van der Waals surface area contributed by atoms with Crippen LogP contribution in [0.25, 0.3) is 11.1 Å². The van der Waals surface area contributed by atoms with Gasteiger partial charge in [-0.25, -0.2) is 0 Å².